The lowest BCUT2D eigenvalue weighted by Crippen LogP contribution is -2.31. The zero-order chi connectivity index (χ0) is 17.5. The summed E-state index contributed by atoms with van der Waals surface area (Å²) >= 11 is 11.9. The molecule has 6 heteroatoms. The Bertz CT molecular complexity index is 720. The van der Waals surface area contributed by atoms with Crippen LogP contribution < -0.4 is 5.32 Å². The van der Waals surface area contributed by atoms with E-state index in [0.29, 0.717) is 28.8 Å². The molecule has 0 aromatic heterocycles. The van der Waals surface area contributed by atoms with Crippen molar-refractivity contribution in [1.29, 1.82) is 0 Å². The zero-order valence-corrected chi connectivity index (χ0v) is 14.8. The van der Waals surface area contributed by atoms with Gasteiger partial charge >= 0.3 is 0 Å². The first-order valence-electron chi connectivity index (χ1n) is 7.50. The molecule has 126 valence electrons. The van der Waals surface area contributed by atoms with E-state index in [4.69, 9.17) is 23.2 Å². The third-order valence-corrected chi connectivity index (χ3v) is 4.04. The fourth-order valence-electron chi connectivity index (χ4n) is 2.19. The number of nitrogens with one attached hydrogen (secondary N) is 1. The summed E-state index contributed by atoms with van der Waals surface area (Å²) in [7, 11) is 0. The summed E-state index contributed by atoms with van der Waals surface area (Å²) in [4.78, 5) is 25.5. The first kappa shape index (κ1) is 18.3. The van der Waals surface area contributed by atoms with Gasteiger partial charge in [0.2, 0.25) is 11.8 Å². The molecule has 0 aliphatic heterocycles. The van der Waals surface area contributed by atoms with Crippen LogP contribution in [0.3, 0.4) is 0 Å². The Morgan fingerprint density at radius 3 is 2.46 bits per heavy atom. The lowest BCUT2D eigenvalue weighted by molar-refractivity contribution is -0.129. The molecule has 0 unspecified atom stereocenters. The highest BCUT2D eigenvalue weighted by Gasteiger charge is 2.13. The fourth-order valence-corrected chi connectivity index (χ4v) is 2.53. The first-order chi connectivity index (χ1) is 11.5. The van der Waals surface area contributed by atoms with Crippen LogP contribution in [0.25, 0.3) is 0 Å². The van der Waals surface area contributed by atoms with Gasteiger partial charge in [0.1, 0.15) is 0 Å². The van der Waals surface area contributed by atoms with E-state index >= 15 is 0 Å². The van der Waals surface area contributed by atoms with Gasteiger partial charge in [-0.05, 0) is 23.8 Å². The molecule has 0 aliphatic rings. The zero-order valence-electron chi connectivity index (χ0n) is 13.3. The summed E-state index contributed by atoms with van der Waals surface area (Å²) in [6.07, 6.45) is 0.176. The van der Waals surface area contributed by atoms with Crippen LogP contribution in [0.15, 0.2) is 48.5 Å². The Morgan fingerprint density at radius 2 is 1.79 bits per heavy atom. The predicted molar refractivity (Wildman–Crippen MR) is 97.2 cm³/mol. The second kappa shape index (κ2) is 8.71. The highest BCUT2D eigenvalue weighted by atomic mass is 35.5. The van der Waals surface area contributed by atoms with Gasteiger partial charge in [0, 0.05) is 31.5 Å². The molecule has 2 amide bonds. The van der Waals surface area contributed by atoms with E-state index in [9.17, 15) is 9.59 Å². The van der Waals surface area contributed by atoms with Crippen molar-refractivity contribution in [3.63, 3.8) is 0 Å². The lowest BCUT2D eigenvalue weighted by atomic mass is 10.2. The molecule has 0 saturated heterocycles. The number of rotatable bonds is 6. The minimum absolute atomic E-state index is 0.0764. The van der Waals surface area contributed by atoms with Gasteiger partial charge in [0.05, 0.1) is 10.7 Å². The molecule has 2 aromatic carbocycles. The van der Waals surface area contributed by atoms with Crippen molar-refractivity contribution in [3.05, 3.63) is 64.1 Å². The topological polar surface area (TPSA) is 49.4 Å². The van der Waals surface area contributed by atoms with Crippen molar-refractivity contribution in [2.24, 2.45) is 0 Å². The second-order valence-electron chi connectivity index (χ2n) is 5.35. The normalized spacial score (nSPS) is 10.3. The average Bonchev–Trinajstić information content (AvgIpc) is 2.55. The van der Waals surface area contributed by atoms with Crippen molar-refractivity contribution in [1.82, 2.24) is 4.90 Å². The van der Waals surface area contributed by atoms with Crippen molar-refractivity contribution in [2.45, 2.75) is 19.9 Å². The third-order valence-electron chi connectivity index (χ3n) is 3.47. The standard InChI is InChI=1S/C18H18Cl2N2O2/c1-13(23)22(12-14-5-3-2-4-6-14)10-9-18(24)21-17-11-15(19)7-8-16(17)20/h2-8,11H,9-10,12H2,1H3,(H,21,24). The van der Waals surface area contributed by atoms with E-state index in [2.05, 4.69) is 5.32 Å². The van der Waals surface area contributed by atoms with Gasteiger partial charge in [-0.2, -0.15) is 0 Å². The van der Waals surface area contributed by atoms with E-state index in [1.165, 1.54) is 6.92 Å². The number of halogens is 2. The van der Waals surface area contributed by atoms with Crippen LogP contribution in [0.2, 0.25) is 10.0 Å². The second-order valence-corrected chi connectivity index (χ2v) is 6.19. The van der Waals surface area contributed by atoms with E-state index < -0.39 is 0 Å². The number of carbonyl (C=O) groups is 2. The van der Waals surface area contributed by atoms with Gasteiger partial charge in [0.25, 0.3) is 0 Å². The molecule has 0 heterocycles. The van der Waals surface area contributed by atoms with E-state index in [1.54, 1.807) is 23.1 Å². The molecule has 1 N–H and O–H groups in total. The van der Waals surface area contributed by atoms with Crippen LogP contribution in [0, 0.1) is 0 Å². The van der Waals surface area contributed by atoms with Crippen LogP contribution in [-0.2, 0) is 16.1 Å². The Morgan fingerprint density at radius 1 is 1.08 bits per heavy atom. The Balaban J connectivity index is 1.92. The maximum atomic E-state index is 12.1. The molecule has 0 aliphatic carbocycles. The monoisotopic (exact) mass is 364 g/mol. The maximum Gasteiger partial charge on any atom is 0.226 e. The first-order valence-corrected chi connectivity index (χ1v) is 8.25. The summed E-state index contributed by atoms with van der Waals surface area (Å²) < 4.78 is 0. The van der Waals surface area contributed by atoms with Gasteiger partial charge < -0.3 is 10.2 Å². The number of hydrogen-bond donors (Lipinski definition) is 1. The Kier molecular flexibility index (Phi) is 6.64. The molecule has 0 spiro atoms. The molecule has 2 rings (SSSR count). The van der Waals surface area contributed by atoms with Crippen LogP contribution in [0.4, 0.5) is 5.69 Å². The molecular formula is C18H18Cl2N2O2. The predicted octanol–water partition coefficient (Wildman–Crippen LogP) is 4.37. The summed E-state index contributed by atoms with van der Waals surface area (Å²) in [5.74, 6) is -0.300. The SMILES string of the molecule is CC(=O)N(CCC(=O)Nc1cc(Cl)ccc1Cl)Cc1ccccc1. The summed E-state index contributed by atoms with van der Waals surface area (Å²) in [5, 5.41) is 3.62. The van der Waals surface area contributed by atoms with Gasteiger partial charge in [-0.25, -0.2) is 0 Å². The van der Waals surface area contributed by atoms with Crippen LogP contribution in [0.5, 0.6) is 0 Å². The molecular weight excluding hydrogens is 347 g/mol. The van der Waals surface area contributed by atoms with Crippen molar-refractivity contribution >= 4 is 40.7 Å². The summed E-state index contributed by atoms with van der Waals surface area (Å²) in [6, 6.07) is 14.5. The fraction of sp³-hybridized carbons (Fsp3) is 0.222. The molecule has 0 atom stereocenters. The quantitative estimate of drug-likeness (QED) is 0.826. The number of anilines is 1. The molecule has 2 aromatic rings. The molecule has 24 heavy (non-hydrogen) atoms. The summed E-state index contributed by atoms with van der Waals surface area (Å²) in [5.41, 5.74) is 1.48. The van der Waals surface area contributed by atoms with Crippen molar-refractivity contribution < 1.29 is 9.59 Å². The van der Waals surface area contributed by atoms with Crippen LogP contribution >= 0.6 is 23.2 Å². The highest BCUT2D eigenvalue weighted by Crippen LogP contribution is 2.25. The smallest absolute Gasteiger partial charge is 0.226 e. The van der Waals surface area contributed by atoms with Gasteiger partial charge in [-0.1, -0.05) is 53.5 Å². The van der Waals surface area contributed by atoms with E-state index in [0.717, 1.165) is 5.56 Å². The summed E-state index contributed by atoms with van der Waals surface area (Å²) in [6.45, 7) is 2.30. The average molecular weight is 365 g/mol. The van der Waals surface area contributed by atoms with E-state index in [-0.39, 0.29) is 18.2 Å². The third kappa shape index (κ3) is 5.55. The minimum atomic E-state index is -0.224. The highest BCUT2D eigenvalue weighted by molar-refractivity contribution is 6.35. The van der Waals surface area contributed by atoms with Gasteiger partial charge in [0.15, 0.2) is 0 Å². The van der Waals surface area contributed by atoms with Crippen LogP contribution in [0.1, 0.15) is 18.9 Å². The van der Waals surface area contributed by atoms with Crippen molar-refractivity contribution in [2.75, 3.05) is 11.9 Å². The number of hydrogen-bond acceptors (Lipinski definition) is 2. The lowest BCUT2D eigenvalue weighted by Gasteiger charge is -2.21. The minimum Gasteiger partial charge on any atom is -0.338 e. The van der Waals surface area contributed by atoms with E-state index in [1.807, 2.05) is 30.3 Å². The van der Waals surface area contributed by atoms with Crippen molar-refractivity contribution in [3.8, 4) is 0 Å². The number of amides is 2. The van der Waals surface area contributed by atoms with Gasteiger partial charge in [-0.3, -0.25) is 9.59 Å². The number of benzene rings is 2. The Labute approximate surface area is 151 Å². The molecule has 4 nitrogen and oxygen atoms in total. The largest absolute Gasteiger partial charge is 0.338 e. The molecule has 0 bridgehead atoms. The van der Waals surface area contributed by atoms with Gasteiger partial charge in [-0.15, -0.1) is 0 Å². The maximum absolute atomic E-state index is 12.1. The molecule has 0 radical (unpaired) electrons. The molecule has 0 saturated carbocycles. The Hall–Kier alpha value is -2.04. The van der Waals surface area contributed by atoms with Crippen LogP contribution in [-0.4, -0.2) is 23.3 Å². The number of nitrogens with zero attached hydrogens (tertiary/aromatic N) is 1. The molecule has 0 fully saturated rings. The number of carbonyl (C=O) groups excluding carboxylic acids is 2.